The van der Waals surface area contributed by atoms with Gasteiger partial charge in [0.2, 0.25) is 0 Å². The van der Waals surface area contributed by atoms with Crippen molar-refractivity contribution in [1.29, 1.82) is 0 Å². The van der Waals surface area contributed by atoms with Crippen LogP contribution in [0.3, 0.4) is 0 Å². The zero-order valence-electron chi connectivity index (χ0n) is 23.2. The first-order valence-corrected chi connectivity index (χ1v) is 14.9. The van der Waals surface area contributed by atoms with Crippen molar-refractivity contribution in [3.8, 4) is 0 Å². The lowest BCUT2D eigenvalue weighted by Gasteiger charge is -2.65. The van der Waals surface area contributed by atoms with Gasteiger partial charge in [0.1, 0.15) is 0 Å². The Morgan fingerprint density at radius 1 is 0.886 bits per heavy atom. The second-order valence-corrected chi connectivity index (χ2v) is 14.1. The Bertz CT molecular complexity index is 830. The van der Waals surface area contributed by atoms with Crippen LogP contribution >= 0.6 is 0 Å². The molecule has 4 nitrogen and oxygen atoms in total. The minimum atomic E-state index is -0.478. The number of hydrogen-bond donors (Lipinski definition) is 0. The van der Waals surface area contributed by atoms with Gasteiger partial charge in [-0.1, -0.05) is 46.3 Å². The van der Waals surface area contributed by atoms with Crippen LogP contribution in [-0.4, -0.2) is 37.0 Å². The second-order valence-electron chi connectivity index (χ2n) is 14.1. The quantitative estimate of drug-likeness (QED) is 0.396. The number of rotatable bonds is 4. The molecule has 4 aliphatic carbocycles. The maximum Gasteiger partial charge on any atom is 0.172 e. The molecule has 6 unspecified atom stereocenters. The van der Waals surface area contributed by atoms with E-state index in [1.807, 2.05) is 0 Å². The molecule has 2 aliphatic heterocycles. The molecule has 0 aromatic rings. The lowest BCUT2D eigenvalue weighted by molar-refractivity contribution is -0.300. The van der Waals surface area contributed by atoms with Gasteiger partial charge in [0.05, 0.1) is 25.4 Å². The Labute approximate surface area is 213 Å². The molecule has 35 heavy (non-hydrogen) atoms. The Balaban J connectivity index is 1.31. The molecule has 2 heterocycles. The van der Waals surface area contributed by atoms with Crippen LogP contribution < -0.4 is 0 Å². The van der Waals surface area contributed by atoms with Crippen LogP contribution in [0, 0.1) is 46.3 Å². The summed E-state index contributed by atoms with van der Waals surface area (Å²) in [6.45, 7) is 15.6. The lowest BCUT2D eigenvalue weighted by Crippen LogP contribution is -2.65. The van der Waals surface area contributed by atoms with Crippen molar-refractivity contribution >= 4 is 0 Å². The first-order chi connectivity index (χ1) is 16.6. The average molecular weight is 487 g/mol. The van der Waals surface area contributed by atoms with E-state index >= 15 is 0 Å². The molecule has 6 aliphatic rings. The molecule has 198 valence electrons. The van der Waals surface area contributed by atoms with Gasteiger partial charge in [-0.05, 0) is 99.2 Å². The Hall–Kier alpha value is -0.420. The fourth-order valence-electron chi connectivity index (χ4n) is 10.6. The summed E-state index contributed by atoms with van der Waals surface area (Å²) in [6.07, 6.45) is 16.5. The zero-order valence-corrected chi connectivity index (χ0v) is 23.2. The van der Waals surface area contributed by atoms with Crippen molar-refractivity contribution < 1.29 is 18.9 Å². The molecule has 10 atom stereocenters. The van der Waals surface area contributed by atoms with Crippen LogP contribution in [0.25, 0.3) is 0 Å². The van der Waals surface area contributed by atoms with Gasteiger partial charge in [0.15, 0.2) is 11.6 Å². The normalized spacial score (nSPS) is 50.6. The number of hydrogen-bond acceptors (Lipinski definition) is 4. The van der Waals surface area contributed by atoms with E-state index in [4.69, 9.17) is 18.9 Å². The van der Waals surface area contributed by atoms with Crippen LogP contribution in [0.4, 0.5) is 0 Å². The highest BCUT2D eigenvalue weighted by Gasteiger charge is 2.70. The molecule has 0 N–H and O–H groups in total. The van der Waals surface area contributed by atoms with E-state index in [2.05, 4.69) is 53.7 Å². The molecule has 1 spiro atoms. The Morgan fingerprint density at radius 3 is 2.34 bits per heavy atom. The molecule has 6 fully saturated rings. The van der Waals surface area contributed by atoms with Crippen molar-refractivity contribution in [2.45, 2.75) is 123 Å². The van der Waals surface area contributed by atoms with Crippen molar-refractivity contribution in [1.82, 2.24) is 0 Å². The fraction of sp³-hybridized carbons (Fsp3) is 0.935. The Morgan fingerprint density at radius 2 is 1.60 bits per heavy atom. The van der Waals surface area contributed by atoms with Crippen molar-refractivity contribution in [2.24, 2.45) is 46.3 Å². The van der Waals surface area contributed by atoms with Gasteiger partial charge in [-0.2, -0.15) is 0 Å². The summed E-state index contributed by atoms with van der Waals surface area (Å²) in [4.78, 5) is 0. The minimum absolute atomic E-state index is 0.171. The fourth-order valence-corrected chi connectivity index (χ4v) is 10.6. The highest BCUT2D eigenvalue weighted by Crippen LogP contribution is 2.71. The summed E-state index contributed by atoms with van der Waals surface area (Å²) in [7, 11) is 0. The molecule has 0 radical (unpaired) electrons. The number of unbranched alkanes of at least 4 members (excludes halogenated alkanes) is 1. The molecule has 4 heteroatoms. The van der Waals surface area contributed by atoms with Gasteiger partial charge in [-0.3, -0.25) is 0 Å². The van der Waals surface area contributed by atoms with E-state index in [9.17, 15) is 0 Å². The largest absolute Gasteiger partial charge is 0.347 e. The number of fused-ring (bicyclic) bond motifs is 7. The van der Waals surface area contributed by atoms with Crippen LogP contribution in [0.15, 0.2) is 12.2 Å². The molecule has 2 saturated heterocycles. The first kappa shape index (κ1) is 24.9. The molecule has 0 bridgehead atoms. The third-order valence-electron chi connectivity index (χ3n) is 11.9. The molecular weight excluding hydrogens is 436 g/mol. The Kier molecular flexibility index (Phi) is 6.08. The number of ether oxygens (including phenoxy) is 4. The molecule has 4 saturated carbocycles. The standard InChI is InChI=1S/C31H50O4/c1-7-8-9-10-20(2)22-11-12-23-21-18-31(32-15-16-33-31)27-17-25-26(35-28(3,4)34-25)19-30(27,6)24(21)13-14-29(22,23)5/h9-10,20-27H,7-8,11-19H2,1-6H3/b10-9+/t20?,21?,22-,23?,24?,25+,26?,27?,29-,30-/m1/s1. The molecule has 0 aromatic carbocycles. The molecule has 0 amide bonds. The summed E-state index contributed by atoms with van der Waals surface area (Å²) in [5.74, 6) is 3.19. The van der Waals surface area contributed by atoms with E-state index in [-0.39, 0.29) is 17.6 Å². The summed E-state index contributed by atoms with van der Waals surface area (Å²) >= 11 is 0. The highest BCUT2D eigenvalue weighted by atomic mass is 16.8. The van der Waals surface area contributed by atoms with Gasteiger partial charge in [-0.15, -0.1) is 0 Å². The maximum atomic E-state index is 6.66. The van der Waals surface area contributed by atoms with E-state index in [1.54, 1.807) is 0 Å². The van der Waals surface area contributed by atoms with Gasteiger partial charge in [0, 0.05) is 12.3 Å². The monoisotopic (exact) mass is 486 g/mol. The third kappa shape index (κ3) is 3.74. The smallest absolute Gasteiger partial charge is 0.172 e. The van der Waals surface area contributed by atoms with Crippen molar-refractivity contribution in [3.05, 3.63) is 12.2 Å². The summed E-state index contributed by atoms with van der Waals surface area (Å²) in [6, 6.07) is 0. The maximum absolute atomic E-state index is 6.66. The summed E-state index contributed by atoms with van der Waals surface area (Å²) in [5, 5.41) is 0. The van der Waals surface area contributed by atoms with Crippen molar-refractivity contribution in [3.63, 3.8) is 0 Å². The third-order valence-corrected chi connectivity index (χ3v) is 11.9. The van der Waals surface area contributed by atoms with Crippen LogP contribution in [0.5, 0.6) is 0 Å². The van der Waals surface area contributed by atoms with Gasteiger partial charge >= 0.3 is 0 Å². The SMILES string of the molecule is CCC/C=C/C(C)[C@H]1CCC2C3CC4(OCCO4)C4C[C@@H]5OC(C)(C)OC5C[C@]4(C)C3CC[C@@]21C. The molecular formula is C31H50O4. The van der Waals surface area contributed by atoms with Gasteiger partial charge in [0.25, 0.3) is 0 Å². The van der Waals surface area contributed by atoms with Crippen LogP contribution in [0.2, 0.25) is 0 Å². The second kappa shape index (κ2) is 8.55. The van der Waals surface area contributed by atoms with Gasteiger partial charge in [-0.25, -0.2) is 0 Å². The van der Waals surface area contributed by atoms with E-state index in [0.717, 1.165) is 50.2 Å². The predicted molar refractivity (Wildman–Crippen MR) is 138 cm³/mol. The van der Waals surface area contributed by atoms with E-state index in [1.165, 1.54) is 38.5 Å². The minimum Gasteiger partial charge on any atom is -0.347 e. The predicted octanol–water partition coefficient (Wildman–Crippen LogP) is 7.12. The average Bonchev–Trinajstić information content (AvgIpc) is 3.47. The van der Waals surface area contributed by atoms with E-state index in [0.29, 0.717) is 23.2 Å². The summed E-state index contributed by atoms with van der Waals surface area (Å²) in [5.41, 5.74) is 0.622. The van der Waals surface area contributed by atoms with Gasteiger partial charge < -0.3 is 18.9 Å². The molecule has 0 aromatic heterocycles. The lowest BCUT2D eigenvalue weighted by atomic mass is 9.42. The van der Waals surface area contributed by atoms with Crippen molar-refractivity contribution in [2.75, 3.05) is 13.2 Å². The van der Waals surface area contributed by atoms with Crippen LogP contribution in [0.1, 0.15) is 99.3 Å². The molecule has 6 rings (SSSR count). The van der Waals surface area contributed by atoms with E-state index < -0.39 is 11.6 Å². The summed E-state index contributed by atoms with van der Waals surface area (Å²) < 4.78 is 26.2. The first-order valence-electron chi connectivity index (χ1n) is 14.9. The topological polar surface area (TPSA) is 36.9 Å². The highest BCUT2D eigenvalue weighted by molar-refractivity contribution is 5.16. The number of allylic oxidation sites excluding steroid dienone is 2. The zero-order chi connectivity index (χ0) is 24.6. The van der Waals surface area contributed by atoms with Crippen LogP contribution in [-0.2, 0) is 18.9 Å².